The maximum atomic E-state index is 12.9. The lowest BCUT2D eigenvalue weighted by Crippen LogP contribution is -2.32. The molecule has 3 rings (SSSR count). The number of rotatable bonds is 7. The molecule has 1 unspecified atom stereocenters. The Morgan fingerprint density at radius 3 is 2.53 bits per heavy atom. The zero-order valence-corrected chi connectivity index (χ0v) is 18.5. The van der Waals surface area contributed by atoms with Crippen molar-refractivity contribution in [2.24, 2.45) is 0 Å². The van der Waals surface area contributed by atoms with Crippen molar-refractivity contribution < 1.29 is 13.6 Å². The summed E-state index contributed by atoms with van der Waals surface area (Å²) in [5, 5.41) is 3.81. The highest BCUT2D eigenvalue weighted by atomic mass is 35.5. The normalized spacial score (nSPS) is 11.9. The summed E-state index contributed by atoms with van der Waals surface area (Å²) >= 11 is 3.87. The van der Waals surface area contributed by atoms with Crippen LogP contribution in [0.1, 0.15) is 34.4 Å². The van der Waals surface area contributed by atoms with E-state index in [0.29, 0.717) is 23.1 Å². The van der Waals surface area contributed by atoms with E-state index in [-0.39, 0.29) is 5.69 Å². The molecule has 30 heavy (non-hydrogen) atoms. The Hall–Kier alpha value is -2.68. The van der Waals surface area contributed by atoms with Gasteiger partial charge in [-0.1, -0.05) is 35.4 Å². The molecule has 2 N–H and O–H groups in total. The molecular weight excluding hydrogens is 424 g/mol. The SMILES string of the molecule is CCNc1ccc(Cn2cc(C(=O)N(c3ccc(C)cc3)S(=O)O)nc2C)c(Cl)c1. The number of aryl methyl sites for hydroxylation is 2. The molecule has 0 saturated heterocycles. The van der Waals surface area contributed by atoms with Crippen molar-refractivity contribution in [3.05, 3.63) is 76.3 Å². The fourth-order valence-electron chi connectivity index (χ4n) is 3.01. The number of nitrogens with one attached hydrogen (secondary N) is 1. The minimum atomic E-state index is -2.53. The van der Waals surface area contributed by atoms with E-state index in [4.69, 9.17) is 11.6 Å². The number of amides is 1. The molecule has 1 aromatic heterocycles. The van der Waals surface area contributed by atoms with Gasteiger partial charge in [-0.2, -0.15) is 0 Å². The van der Waals surface area contributed by atoms with Gasteiger partial charge in [0.15, 0.2) is 0 Å². The first-order valence-electron chi connectivity index (χ1n) is 9.38. The van der Waals surface area contributed by atoms with Gasteiger partial charge in [-0.25, -0.2) is 13.5 Å². The Labute approximate surface area is 183 Å². The maximum Gasteiger partial charge on any atom is 0.292 e. The summed E-state index contributed by atoms with van der Waals surface area (Å²) in [6, 6.07) is 12.5. The zero-order chi connectivity index (χ0) is 21.8. The Bertz CT molecular complexity index is 1080. The molecule has 9 heteroatoms. The summed E-state index contributed by atoms with van der Waals surface area (Å²) in [6.45, 7) is 6.89. The molecular formula is C21H23ClN4O3S. The van der Waals surface area contributed by atoms with Gasteiger partial charge in [0.1, 0.15) is 11.5 Å². The van der Waals surface area contributed by atoms with E-state index < -0.39 is 17.2 Å². The van der Waals surface area contributed by atoms with Crippen LogP contribution in [0.4, 0.5) is 11.4 Å². The van der Waals surface area contributed by atoms with Gasteiger partial charge in [0, 0.05) is 23.5 Å². The van der Waals surface area contributed by atoms with Crippen LogP contribution in [-0.4, -0.2) is 30.8 Å². The molecule has 1 heterocycles. The summed E-state index contributed by atoms with van der Waals surface area (Å²) in [7, 11) is 0. The molecule has 1 amide bonds. The second kappa shape index (κ2) is 9.42. The molecule has 0 aliphatic heterocycles. The summed E-state index contributed by atoms with van der Waals surface area (Å²) in [4.78, 5) is 17.2. The fraction of sp³-hybridized carbons (Fsp3) is 0.238. The highest BCUT2D eigenvalue weighted by molar-refractivity contribution is 7.81. The van der Waals surface area contributed by atoms with Crippen LogP contribution in [0.15, 0.2) is 48.7 Å². The average molecular weight is 447 g/mol. The zero-order valence-electron chi connectivity index (χ0n) is 16.9. The second-order valence-corrected chi connectivity index (χ2v) is 8.04. The summed E-state index contributed by atoms with van der Waals surface area (Å²) in [5.74, 6) is -0.0621. The highest BCUT2D eigenvalue weighted by Gasteiger charge is 2.25. The first-order chi connectivity index (χ1) is 14.3. The topological polar surface area (TPSA) is 87.5 Å². The van der Waals surface area contributed by atoms with Crippen molar-refractivity contribution in [1.82, 2.24) is 9.55 Å². The number of carbonyl (C=O) groups is 1. The van der Waals surface area contributed by atoms with E-state index >= 15 is 0 Å². The van der Waals surface area contributed by atoms with Crippen molar-refractivity contribution in [2.75, 3.05) is 16.2 Å². The maximum absolute atomic E-state index is 12.9. The largest absolute Gasteiger partial charge is 0.385 e. The molecule has 3 aromatic rings. The number of aromatic nitrogens is 2. The van der Waals surface area contributed by atoms with E-state index in [2.05, 4.69) is 10.3 Å². The van der Waals surface area contributed by atoms with Crippen molar-refractivity contribution in [3.8, 4) is 0 Å². The molecule has 0 saturated carbocycles. The number of carbonyl (C=O) groups excluding carboxylic acids is 1. The van der Waals surface area contributed by atoms with Crippen molar-refractivity contribution in [1.29, 1.82) is 0 Å². The van der Waals surface area contributed by atoms with Gasteiger partial charge >= 0.3 is 0 Å². The molecule has 0 radical (unpaired) electrons. The number of hydrogen-bond acceptors (Lipinski definition) is 4. The average Bonchev–Trinajstić information content (AvgIpc) is 3.06. The van der Waals surface area contributed by atoms with Crippen LogP contribution in [0.5, 0.6) is 0 Å². The molecule has 0 bridgehead atoms. The molecule has 0 fully saturated rings. The molecule has 0 aliphatic rings. The Kier molecular flexibility index (Phi) is 6.91. The van der Waals surface area contributed by atoms with E-state index in [9.17, 15) is 13.6 Å². The Morgan fingerprint density at radius 1 is 1.23 bits per heavy atom. The first kappa shape index (κ1) is 22.0. The lowest BCUT2D eigenvalue weighted by atomic mass is 10.2. The van der Waals surface area contributed by atoms with Gasteiger partial charge in [-0.3, -0.25) is 9.35 Å². The fourth-order valence-corrected chi connectivity index (χ4v) is 3.78. The molecule has 0 aliphatic carbocycles. The van der Waals surface area contributed by atoms with Crippen LogP contribution >= 0.6 is 11.6 Å². The first-order valence-corrected chi connectivity index (χ1v) is 10.8. The van der Waals surface area contributed by atoms with Crippen LogP contribution in [0.25, 0.3) is 0 Å². The second-order valence-electron chi connectivity index (χ2n) is 6.80. The minimum absolute atomic E-state index is 0.0795. The number of imidazole rings is 1. The molecule has 158 valence electrons. The number of benzene rings is 2. The van der Waals surface area contributed by atoms with Crippen molar-refractivity contribution in [2.45, 2.75) is 27.3 Å². The van der Waals surface area contributed by atoms with Gasteiger partial charge in [0.2, 0.25) is 0 Å². The molecule has 7 nitrogen and oxygen atoms in total. The molecule has 2 aromatic carbocycles. The highest BCUT2D eigenvalue weighted by Crippen LogP contribution is 2.23. The Balaban J connectivity index is 1.86. The van der Waals surface area contributed by atoms with Gasteiger partial charge in [-0.15, -0.1) is 0 Å². The van der Waals surface area contributed by atoms with E-state index in [1.165, 1.54) is 0 Å². The quantitative estimate of drug-likeness (QED) is 0.524. The van der Waals surface area contributed by atoms with Crippen LogP contribution < -0.4 is 9.62 Å². The smallest absolute Gasteiger partial charge is 0.292 e. The van der Waals surface area contributed by atoms with Gasteiger partial charge < -0.3 is 9.88 Å². The Morgan fingerprint density at radius 2 is 1.93 bits per heavy atom. The number of anilines is 2. The monoisotopic (exact) mass is 446 g/mol. The standard InChI is InChI=1S/C21H23ClN4O3S/c1-4-23-17-8-7-16(19(22)11-17)12-25-13-20(24-15(25)3)21(27)26(30(28)29)18-9-5-14(2)6-10-18/h5-11,13,23H,4,12H2,1-3H3,(H,28,29). The van der Waals surface area contributed by atoms with Gasteiger partial charge in [0.05, 0.1) is 12.2 Å². The summed E-state index contributed by atoms with van der Waals surface area (Å²) in [5.41, 5.74) is 3.19. The number of hydrogen-bond donors (Lipinski definition) is 2. The third-order valence-electron chi connectivity index (χ3n) is 4.58. The van der Waals surface area contributed by atoms with Crippen LogP contribution in [0, 0.1) is 13.8 Å². The predicted molar refractivity (Wildman–Crippen MR) is 120 cm³/mol. The van der Waals surface area contributed by atoms with E-state index in [1.807, 2.05) is 32.0 Å². The van der Waals surface area contributed by atoms with Gasteiger partial charge in [0.25, 0.3) is 17.2 Å². The third kappa shape index (κ3) is 4.89. The molecule has 0 spiro atoms. The summed E-state index contributed by atoms with van der Waals surface area (Å²) < 4.78 is 24.2. The van der Waals surface area contributed by atoms with Crippen LogP contribution in [-0.2, 0) is 17.8 Å². The minimum Gasteiger partial charge on any atom is -0.385 e. The van der Waals surface area contributed by atoms with E-state index in [0.717, 1.165) is 27.7 Å². The third-order valence-corrected chi connectivity index (χ3v) is 5.62. The van der Waals surface area contributed by atoms with Crippen molar-refractivity contribution in [3.63, 3.8) is 0 Å². The van der Waals surface area contributed by atoms with Gasteiger partial charge in [-0.05, 0) is 50.6 Å². The van der Waals surface area contributed by atoms with Crippen LogP contribution in [0.2, 0.25) is 5.02 Å². The van der Waals surface area contributed by atoms with Crippen molar-refractivity contribution >= 4 is 40.1 Å². The van der Waals surface area contributed by atoms with E-state index in [1.54, 1.807) is 42.0 Å². The lowest BCUT2D eigenvalue weighted by molar-refractivity contribution is 0.100. The number of nitrogens with zero attached hydrogens (tertiary/aromatic N) is 3. The molecule has 1 atom stereocenters. The summed E-state index contributed by atoms with van der Waals surface area (Å²) in [6.07, 6.45) is 1.57. The van der Waals surface area contributed by atoms with Crippen LogP contribution in [0.3, 0.4) is 0 Å². The number of halogens is 1. The predicted octanol–water partition coefficient (Wildman–Crippen LogP) is 4.42. The lowest BCUT2D eigenvalue weighted by Gasteiger charge is -2.16.